The molecule has 3 aromatic heterocycles. The molecule has 2 N–H and O–H groups in total. The maximum Gasteiger partial charge on any atom is 4.00 e. The first kappa shape index (κ1) is 33.0. The molecule has 1 saturated heterocycles. The van der Waals surface area contributed by atoms with E-state index in [1.54, 1.807) is 10.9 Å². The van der Waals surface area contributed by atoms with Gasteiger partial charge in [0, 0.05) is 71.0 Å². The maximum atomic E-state index is 11.7. The molecule has 0 amide bonds. The summed E-state index contributed by atoms with van der Waals surface area (Å²) >= 11 is 0. The Morgan fingerprint density at radius 2 is 1.35 bits per heavy atom. The molecule has 0 spiro atoms. The van der Waals surface area contributed by atoms with E-state index in [2.05, 4.69) is 26.0 Å². The van der Waals surface area contributed by atoms with Crippen LogP contribution in [-0.2, 0) is 29.2 Å². The molecule has 6 bridgehead atoms. The molecule has 3 aliphatic heterocycles. The molecule has 0 saturated carbocycles. The minimum absolute atomic E-state index is 0. The van der Waals surface area contributed by atoms with Gasteiger partial charge >= 0.3 is 50.6 Å². The van der Waals surface area contributed by atoms with E-state index < -0.39 is 11.9 Å². The molecule has 0 aromatic carbocycles. The third-order valence-electron chi connectivity index (χ3n) is 7.52. The number of carboxylic acid groups (broad SMARTS) is 2. The number of hydrogen-bond donors (Lipinski definition) is 2. The van der Waals surface area contributed by atoms with Crippen LogP contribution in [0.5, 0.6) is 0 Å². The second kappa shape index (κ2) is 15.7. The van der Waals surface area contributed by atoms with Gasteiger partial charge in [-0.25, -0.2) is 9.67 Å². The van der Waals surface area contributed by atoms with Crippen molar-refractivity contribution in [3.05, 3.63) is 59.2 Å². The van der Waals surface area contributed by atoms with Gasteiger partial charge in [-0.1, -0.05) is 17.2 Å². The van der Waals surface area contributed by atoms with Crippen LogP contribution in [0.2, 0.25) is 0 Å². The van der Waals surface area contributed by atoms with Gasteiger partial charge in [-0.05, 0) is 24.3 Å². The van der Waals surface area contributed by atoms with Crippen LogP contribution < -0.4 is 0 Å². The molecule has 3 aromatic rings. The number of aliphatic carboxylic acids is 2. The van der Waals surface area contributed by atoms with E-state index in [9.17, 15) is 19.8 Å². The number of carbonyl (C=O) groups is 2. The van der Waals surface area contributed by atoms with Gasteiger partial charge in [-0.3, -0.25) is 34.2 Å². The maximum absolute atomic E-state index is 11.7. The van der Waals surface area contributed by atoms with Crippen LogP contribution in [0.3, 0.4) is 0 Å². The van der Waals surface area contributed by atoms with Crippen LogP contribution in [0, 0.1) is 51.0 Å². The molecule has 0 atom stereocenters. The molecular weight excluding hydrogens is 697 g/mol. The van der Waals surface area contributed by atoms with Gasteiger partial charge in [0.05, 0.1) is 48.6 Å². The number of pyridine rings is 2. The topological polar surface area (TPSA) is 144 Å². The van der Waals surface area contributed by atoms with Crippen molar-refractivity contribution in [2.75, 3.05) is 65.4 Å². The molecule has 6 heterocycles. The average Bonchev–Trinajstić information content (AvgIpc) is 3.41. The fraction of sp³-hybridized carbons (Fsp3) is 0.448. The van der Waals surface area contributed by atoms with Gasteiger partial charge in [0.1, 0.15) is 5.69 Å². The zero-order chi connectivity index (χ0) is 29.5. The van der Waals surface area contributed by atoms with Gasteiger partial charge in [-0.2, -0.15) is 0 Å². The molecule has 225 valence electrons. The van der Waals surface area contributed by atoms with Crippen LogP contribution in [0.15, 0.2) is 36.5 Å². The molecule has 13 nitrogen and oxygen atoms in total. The Balaban J connectivity index is 0.00000423. The molecule has 3 aliphatic rings. The molecule has 14 heteroatoms. The Morgan fingerprint density at radius 1 is 0.791 bits per heavy atom. The largest absolute Gasteiger partial charge is 4.00 e. The van der Waals surface area contributed by atoms with E-state index >= 15 is 0 Å². The Kier molecular flexibility index (Phi) is 12.0. The Bertz CT molecular complexity index is 1430. The van der Waals surface area contributed by atoms with Crippen molar-refractivity contribution in [2.45, 2.75) is 19.6 Å². The first-order chi connectivity index (χ1) is 20.3. The number of nitrogens with zero attached hydrogens (tertiary/aromatic N) is 9. The van der Waals surface area contributed by atoms with E-state index in [4.69, 9.17) is 16.4 Å². The summed E-state index contributed by atoms with van der Waals surface area (Å²) in [4.78, 5) is 41.6. The van der Waals surface area contributed by atoms with Crippen LogP contribution >= 0.6 is 0 Å². The van der Waals surface area contributed by atoms with Crippen molar-refractivity contribution in [1.29, 1.82) is 0 Å². The van der Waals surface area contributed by atoms with E-state index in [1.165, 1.54) is 0 Å². The third kappa shape index (κ3) is 9.52. The molecule has 43 heavy (non-hydrogen) atoms. The normalized spacial score (nSPS) is 20.2. The summed E-state index contributed by atoms with van der Waals surface area (Å²) in [6.45, 7) is 5.82. The summed E-state index contributed by atoms with van der Waals surface area (Å²) in [5.74, 6) is 0.984. The smallest absolute Gasteiger partial charge is 0.480 e. The predicted molar refractivity (Wildman–Crippen MR) is 153 cm³/mol. The van der Waals surface area contributed by atoms with E-state index in [1.807, 2.05) is 40.1 Å². The molecule has 1 radical (unpaired) electrons. The van der Waals surface area contributed by atoms with Crippen molar-refractivity contribution in [3.8, 4) is 23.7 Å². The minimum Gasteiger partial charge on any atom is -0.480 e. The third-order valence-corrected chi connectivity index (χ3v) is 7.52. The SMILES string of the molecule is C#Cc1cc2nc(c1)-c1cnnn1Cc1cccc(n1)CN1CCN(CC(=O)O)CCN(CCN(CC(=O)O)CC1)C2.[Tb+4]. The fourth-order valence-corrected chi connectivity index (χ4v) is 5.37. The fourth-order valence-electron chi connectivity index (χ4n) is 5.37. The summed E-state index contributed by atoms with van der Waals surface area (Å²) in [5.41, 5.74) is 4.46. The standard InChI is InChI=1S/C29H35N9O4.Tb/c1-2-22-14-25-18-35-8-12-36(20-28(39)40)10-6-34(7-11-37(13-9-35)21-29(41)42)17-23-4-3-5-24(31-23)19-38-27(16-30-33-38)26(15-22)32-25;/h1,3-5,14-16H,6-13,17-21H2,(H,39,40)(H,41,42);/q;+4. The summed E-state index contributed by atoms with van der Waals surface area (Å²) < 4.78 is 1.77. The average molecular weight is 733 g/mol. The second-order valence-corrected chi connectivity index (χ2v) is 10.7. The molecule has 6 rings (SSSR count). The zero-order valence-corrected chi connectivity index (χ0v) is 25.9. The Hall–Kier alpha value is -2.93. The van der Waals surface area contributed by atoms with Crippen molar-refractivity contribution in [3.63, 3.8) is 0 Å². The summed E-state index contributed by atoms with van der Waals surface area (Å²) in [6.07, 6.45) is 7.50. The number of aromatic nitrogens is 5. The first-order valence-electron chi connectivity index (χ1n) is 14.0. The van der Waals surface area contributed by atoms with E-state index in [-0.39, 0.29) is 51.7 Å². The van der Waals surface area contributed by atoms with Gasteiger partial charge < -0.3 is 10.2 Å². The zero-order valence-electron chi connectivity index (χ0n) is 23.8. The second-order valence-electron chi connectivity index (χ2n) is 10.7. The van der Waals surface area contributed by atoms with Gasteiger partial charge in [-0.15, -0.1) is 11.5 Å². The van der Waals surface area contributed by atoms with Crippen LogP contribution in [0.25, 0.3) is 11.4 Å². The van der Waals surface area contributed by atoms with E-state index in [0.717, 1.165) is 22.8 Å². The van der Waals surface area contributed by atoms with Crippen LogP contribution in [0.1, 0.15) is 22.6 Å². The number of carboxylic acids is 2. The summed E-state index contributed by atoms with van der Waals surface area (Å²) in [7, 11) is 0. The quantitative estimate of drug-likeness (QED) is 0.353. The number of rotatable bonds is 4. The predicted octanol–water partition coefficient (Wildman–Crippen LogP) is 0.169. The van der Waals surface area contributed by atoms with Gasteiger partial charge in [0.2, 0.25) is 0 Å². The summed E-state index contributed by atoms with van der Waals surface area (Å²) in [6, 6.07) is 9.57. The minimum atomic E-state index is -0.873. The Morgan fingerprint density at radius 3 is 1.91 bits per heavy atom. The van der Waals surface area contributed by atoms with Crippen LogP contribution in [-0.4, -0.2) is 132 Å². The van der Waals surface area contributed by atoms with Crippen molar-refractivity contribution >= 4 is 11.9 Å². The monoisotopic (exact) mass is 732 g/mol. The Labute approximate surface area is 281 Å². The van der Waals surface area contributed by atoms with Gasteiger partial charge in [0.25, 0.3) is 0 Å². The van der Waals surface area contributed by atoms with Crippen molar-refractivity contribution in [2.24, 2.45) is 0 Å². The molecule has 1 fully saturated rings. The van der Waals surface area contributed by atoms with Crippen molar-refractivity contribution in [1.82, 2.24) is 44.6 Å². The van der Waals surface area contributed by atoms with Crippen LogP contribution in [0.4, 0.5) is 0 Å². The number of hydrogen-bond acceptors (Lipinski definition) is 10. The summed E-state index contributed by atoms with van der Waals surface area (Å²) in [5, 5.41) is 27.7. The van der Waals surface area contributed by atoms with E-state index in [0.29, 0.717) is 83.2 Å². The number of terminal acetylenes is 1. The molecular formula is C29H35N9O4Tb+4. The number of fused-ring (bicyclic) bond motifs is 8. The first-order valence-corrected chi connectivity index (χ1v) is 14.0. The van der Waals surface area contributed by atoms with Crippen molar-refractivity contribution < 1.29 is 58.4 Å². The molecule has 0 unspecified atom stereocenters. The van der Waals surface area contributed by atoms with Gasteiger partial charge in [0.15, 0.2) is 0 Å². The molecule has 0 aliphatic carbocycles.